The Hall–Kier alpha value is -2.14. The summed E-state index contributed by atoms with van der Waals surface area (Å²) in [5.74, 6) is 1.64. The van der Waals surface area contributed by atoms with Crippen molar-refractivity contribution in [2.24, 2.45) is 0 Å². The zero-order valence-electron chi connectivity index (χ0n) is 13.5. The van der Waals surface area contributed by atoms with Crippen molar-refractivity contribution >= 4 is 17.3 Å². The van der Waals surface area contributed by atoms with E-state index in [1.54, 1.807) is 13.4 Å². The second kappa shape index (κ2) is 6.32. The normalized spacial score (nSPS) is 15.9. The minimum atomic E-state index is 0.800. The summed E-state index contributed by atoms with van der Waals surface area (Å²) in [5, 5.41) is 0. The average molecular weight is 301 g/mol. The third kappa shape index (κ3) is 2.90. The molecule has 3 rings (SSSR count). The second-order valence-corrected chi connectivity index (χ2v) is 5.66. The quantitative estimate of drug-likeness (QED) is 0.867. The highest BCUT2D eigenvalue weighted by atomic mass is 16.5. The van der Waals surface area contributed by atoms with E-state index in [1.165, 1.54) is 5.69 Å². The molecule has 118 valence electrons. The van der Waals surface area contributed by atoms with E-state index < -0.39 is 0 Å². The van der Waals surface area contributed by atoms with Crippen molar-refractivity contribution in [1.82, 2.24) is 4.90 Å². The highest BCUT2D eigenvalue weighted by Crippen LogP contribution is 2.36. The van der Waals surface area contributed by atoms with Crippen molar-refractivity contribution in [3.8, 4) is 5.75 Å². The fourth-order valence-corrected chi connectivity index (χ4v) is 2.78. The van der Waals surface area contributed by atoms with Gasteiger partial charge in [-0.15, -0.1) is 0 Å². The van der Waals surface area contributed by atoms with Gasteiger partial charge in [-0.05, 0) is 31.3 Å². The number of rotatable bonds is 4. The van der Waals surface area contributed by atoms with E-state index in [9.17, 15) is 0 Å². The zero-order chi connectivity index (χ0) is 15.5. The fraction of sp³-hybridized carbons (Fsp3) is 0.412. The van der Waals surface area contributed by atoms with Gasteiger partial charge in [0.15, 0.2) is 5.88 Å². The molecule has 1 aliphatic rings. The van der Waals surface area contributed by atoms with E-state index in [4.69, 9.17) is 9.15 Å². The Labute approximate surface area is 131 Å². The Morgan fingerprint density at radius 1 is 1.14 bits per heavy atom. The molecule has 0 unspecified atom stereocenters. The Bertz CT molecular complexity index is 604. The van der Waals surface area contributed by atoms with Gasteiger partial charge in [0, 0.05) is 45.0 Å². The molecule has 1 saturated heterocycles. The van der Waals surface area contributed by atoms with Crippen LogP contribution in [0.15, 0.2) is 41.0 Å². The molecule has 1 aromatic carbocycles. The zero-order valence-corrected chi connectivity index (χ0v) is 13.5. The molecule has 0 amide bonds. The van der Waals surface area contributed by atoms with E-state index in [0.717, 1.165) is 43.5 Å². The number of likely N-dealkylation sites (N-methyl/N-ethyl adjacent to an activating group) is 1. The van der Waals surface area contributed by atoms with E-state index >= 15 is 0 Å². The number of hydrogen-bond acceptors (Lipinski definition) is 5. The Kier molecular flexibility index (Phi) is 4.24. The summed E-state index contributed by atoms with van der Waals surface area (Å²) < 4.78 is 11.0. The third-order valence-corrected chi connectivity index (χ3v) is 4.23. The Morgan fingerprint density at radius 2 is 1.91 bits per heavy atom. The maximum Gasteiger partial charge on any atom is 0.199 e. The van der Waals surface area contributed by atoms with Gasteiger partial charge in [-0.1, -0.05) is 0 Å². The van der Waals surface area contributed by atoms with E-state index in [2.05, 4.69) is 29.0 Å². The van der Waals surface area contributed by atoms with Crippen LogP contribution in [-0.4, -0.2) is 52.3 Å². The molecule has 5 nitrogen and oxygen atoms in total. The molecule has 1 fully saturated rings. The molecule has 1 aliphatic heterocycles. The maximum absolute atomic E-state index is 5.51. The summed E-state index contributed by atoms with van der Waals surface area (Å²) in [7, 11) is 5.86. The predicted molar refractivity (Wildman–Crippen MR) is 89.5 cm³/mol. The third-order valence-electron chi connectivity index (χ3n) is 4.23. The van der Waals surface area contributed by atoms with Crippen molar-refractivity contribution in [1.29, 1.82) is 0 Å². The van der Waals surface area contributed by atoms with Gasteiger partial charge in [0.1, 0.15) is 5.75 Å². The Balaban J connectivity index is 1.89. The summed E-state index contributed by atoms with van der Waals surface area (Å²) in [6.07, 6.45) is 1.68. The largest absolute Gasteiger partial charge is 0.495 e. The lowest BCUT2D eigenvalue weighted by Gasteiger charge is -2.34. The molecule has 0 atom stereocenters. The molecule has 0 saturated carbocycles. The molecular formula is C17H23N3O2. The molecule has 0 bridgehead atoms. The number of hydrogen-bond donors (Lipinski definition) is 0. The number of piperazine rings is 1. The van der Waals surface area contributed by atoms with Crippen LogP contribution in [0.5, 0.6) is 5.75 Å². The first-order valence-electron chi connectivity index (χ1n) is 7.58. The molecule has 5 heteroatoms. The monoisotopic (exact) mass is 301 g/mol. The van der Waals surface area contributed by atoms with Crippen molar-refractivity contribution in [2.75, 3.05) is 57.2 Å². The van der Waals surface area contributed by atoms with Crippen LogP contribution in [0.2, 0.25) is 0 Å². The van der Waals surface area contributed by atoms with Crippen LogP contribution in [0.4, 0.5) is 17.3 Å². The molecule has 2 aromatic rings. The van der Waals surface area contributed by atoms with Crippen LogP contribution in [0.1, 0.15) is 0 Å². The van der Waals surface area contributed by atoms with Gasteiger partial charge in [0.2, 0.25) is 0 Å². The lowest BCUT2D eigenvalue weighted by atomic mass is 10.2. The van der Waals surface area contributed by atoms with Gasteiger partial charge in [0.05, 0.1) is 19.1 Å². The Morgan fingerprint density at radius 3 is 2.55 bits per heavy atom. The van der Waals surface area contributed by atoms with E-state index in [1.807, 2.05) is 30.1 Å². The van der Waals surface area contributed by atoms with Crippen LogP contribution < -0.4 is 14.5 Å². The second-order valence-electron chi connectivity index (χ2n) is 5.66. The van der Waals surface area contributed by atoms with Gasteiger partial charge in [-0.2, -0.15) is 0 Å². The molecular weight excluding hydrogens is 278 g/mol. The van der Waals surface area contributed by atoms with Gasteiger partial charge < -0.3 is 23.9 Å². The van der Waals surface area contributed by atoms with Crippen LogP contribution in [0, 0.1) is 0 Å². The molecule has 2 heterocycles. The van der Waals surface area contributed by atoms with E-state index in [-0.39, 0.29) is 0 Å². The molecule has 0 spiro atoms. The first kappa shape index (κ1) is 14.8. The lowest BCUT2D eigenvalue weighted by molar-refractivity contribution is 0.313. The number of furan rings is 1. The van der Waals surface area contributed by atoms with Crippen LogP contribution in [-0.2, 0) is 0 Å². The highest BCUT2D eigenvalue weighted by molar-refractivity contribution is 5.71. The minimum absolute atomic E-state index is 0.800. The average Bonchev–Trinajstić information content (AvgIpc) is 3.09. The van der Waals surface area contributed by atoms with Crippen LogP contribution in [0.3, 0.4) is 0 Å². The summed E-state index contributed by atoms with van der Waals surface area (Å²) >= 11 is 0. The number of methoxy groups -OCH3 is 1. The van der Waals surface area contributed by atoms with Crippen LogP contribution in [0.25, 0.3) is 0 Å². The summed E-state index contributed by atoms with van der Waals surface area (Å²) in [5.41, 5.74) is 2.23. The summed E-state index contributed by atoms with van der Waals surface area (Å²) in [6.45, 7) is 4.28. The lowest BCUT2D eigenvalue weighted by Crippen LogP contribution is -2.44. The highest BCUT2D eigenvalue weighted by Gasteiger charge is 2.18. The van der Waals surface area contributed by atoms with Crippen molar-refractivity contribution in [2.45, 2.75) is 0 Å². The molecule has 0 radical (unpaired) electrons. The van der Waals surface area contributed by atoms with Gasteiger partial charge in [-0.25, -0.2) is 0 Å². The number of anilines is 3. The maximum atomic E-state index is 5.51. The fourth-order valence-electron chi connectivity index (χ4n) is 2.78. The molecule has 0 aliphatic carbocycles. The van der Waals surface area contributed by atoms with E-state index in [0.29, 0.717) is 0 Å². The number of nitrogens with zero attached hydrogens (tertiary/aromatic N) is 3. The summed E-state index contributed by atoms with van der Waals surface area (Å²) in [6, 6.07) is 10.2. The SMILES string of the molecule is COc1ccc(N2CCN(C)CC2)cc1N(C)c1ccco1. The topological polar surface area (TPSA) is 32.1 Å². The molecule has 22 heavy (non-hydrogen) atoms. The smallest absolute Gasteiger partial charge is 0.199 e. The van der Waals surface area contributed by atoms with Crippen molar-refractivity contribution < 1.29 is 9.15 Å². The van der Waals surface area contributed by atoms with Crippen molar-refractivity contribution in [3.63, 3.8) is 0 Å². The van der Waals surface area contributed by atoms with Crippen molar-refractivity contribution in [3.05, 3.63) is 36.6 Å². The standard InChI is InChI=1S/C17H23N3O2/c1-18-8-10-20(11-9-18)14-6-7-16(21-3)15(13-14)19(2)17-5-4-12-22-17/h4-7,12-13H,8-11H2,1-3H3. The first-order chi connectivity index (χ1) is 10.7. The molecule has 1 aromatic heterocycles. The first-order valence-corrected chi connectivity index (χ1v) is 7.58. The van der Waals surface area contributed by atoms with Gasteiger partial charge in [-0.3, -0.25) is 0 Å². The summed E-state index contributed by atoms with van der Waals surface area (Å²) in [4.78, 5) is 6.78. The van der Waals surface area contributed by atoms with Crippen LogP contribution >= 0.6 is 0 Å². The van der Waals surface area contributed by atoms with Gasteiger partial charge >= 0.3 is 0 Å². The minimum Gasteiger partial charge on any atom is -0.495 e. The number of benzene rings is 1. The molecule has 0 N–H and O–H groups in total. The van der Waals surface area contributed by atoms with Gasteiger partial charge in [0.25, 0.3) is 0 Å². The predicted octanol–water partition coefficient (Wildman–Crippen LogP) is 2.81. The number of ether oxygens (including phenoxy) is 1.